The Morgan fingerprint density at radius 3 is 2.58 bits per heavy atom. The molecule has 0 aliphatic heterocycles. The van der Waals surface area contributed by atoms with Crippen molar-refractivity contribution in [2.75, 3.05) is 17.2 Å². The van der Waals surface area contributed by atoms with E-state index in [1.165, 1.54) is 20.5 Å². The van der Waals surface area contributed by atoms with Gasteiger partial charge < -0.3 is 5.73 Å². The molecule has 2 heterocycles. The van der Waals surface area contributed by atoms with Gasteiger partial charge in [0.05, 0.1) is 11.9 Å². The average molecular weight is 425 g/mol. The first-order valence-electron chi connectivity index (χ1n) is 10.3. The first-order chi connectivity index (χ1) is 14.8. The van der Waals surface area contributed by atoms with E-state index in [1.807, 2.05) is 51.1 Å². The minimum atomic E-state index is -0.706. The lowest BCUT2D eigenvalue weighted by Gasteiger charge is -2.24. The fraction of sp³-hybridized carbons (Fsp3) is 0.381. The highest BCUT2D eigenvalue weighted by atomic mass is 16.2. The summed E-state index contributed by atoms with van der Waals surface area (Å²) in [7, 11) is 0. The molecule has 10 heteroatoms. The topological polar surface area (TPSA) is 132 Å². The second-order valence-corrected chi connectivity index (χ2v) is 7.66. The molecule has 0 aliphatic rings. The Balaban J connectivity index is 2.05. The minimum Gasteiger partial charge on any atom is -0.383 e. The molecule has 0 saturated heterocycles. The summed E-state index contributed by atoms with van der Waals surface area (Å²) in [6, 6.07) is 9.17. The summed E-state index contributed by atoms with van der Waals surface area (Å²) >= 11 is 0. The van der Waals surface area contributed by atoms with Gasteiger partial charge in [0.25, 0.3) is 11.5 Å². The van der Waals surface area contributed by atoms with E-state index in [-0.39, 0.29) is 29.7 Å². The predicted molar refractivity (Wildman–Crippen MR) is 119 cm³/mol. The highest BCUT2D eigenvalue weighted by Gasteiger charge is 2.27. The van der Waals surface area contributed by atoms with Crippen LogP contribution in [0.3, 0.4) is 0 Å². The van der Waals surface area contributed by atoms with E-state index in [2.05, 4.69) is 15.2 Å². The Labute approximate surface area is 179 Å². The van der Waals surface area contributed by atoms with Gasteiger partial charge >= 0.3 is 5.69 Å². The number of nitrogens with two attached hydrogens (primary N) is 1. The SMILES string of the molecule is CCCCN(C(=O)c1cnn(-c2ccccc2)n1)c1c(N)n(CC(C)C)c(=O)[nH]c1=O. The molecule has 31 heavy (non-hydrogen) atoms. The summed E-state index contributed by atoms with van der Waals surface area (Å²) in [6.45, 7) is 6.40. The zero-order valence-corrected chi connectivity index (χ0v) is 17.9. The standard InChI is InChI=1S/C21H27N7O3/c1-4-5-11-26(17-18(22)27(13-14(2)3)21(31)24-19(17)29)20(30)16-12-23-28(25-16)15-9-7-6-8-10-15/h6-10,12,14H,4-5,11,13,22H2,1-3H3,(H,24,29,31). The van der Waals surface area contributed by atoms with E-state index >= 15 is 0 Å². The number of aromatic nitrogens is 5. The number of benzene rings is 1. The highest BCUT2D eigenvalue weighted by Crippen LogP contribution is 2.20. The second kappa shape index (κ2) is 9.41. The molecule has 0 atom stereocenters. The number of carbonyl (C=O) groups is 1. The lowest BCUT2D eigenvalue weighted by atomic mass is 10.2. The third-order valence-electron chi connectivity index (χ3n) is 4.71. The molecule has 164 valence electrons. The maximum atomic E-state index is 13.3. The van der Waals surface area contributed by atoms with Crippen LogP contribution in [-0.4, -0.2) is 37.0 Å². The number of amides is 1. The first-order valence-corrected chi connectivity index (χ1v) is 10.3. The van der Waals surface area contributed by atoms with E-state index in [0.29, 0.717) is 18.7 Å². The van der Waals surface area contributed by atoms with Crippen molar-refractivity contribution >= 4 is 17.4 Å². The van der Waals surface area contributed by atoms with Crippen LogP contribution < -0.4 is 21.9 Å². The van der Waals surface area contributed by atoms with Crippen molar-refractivity contribution < 1.29 is 4.79 Å². The van der Waals surface area contributed by atoms with Crippen LogP contribution in [-0.2, 0) is 6.54 Å². The smallest absolute Gasteiger partial charge is 0.330 e. The molecule has 0 bridgehead atoms. The summed E-state index contributed by atoms with van der Waals surface area (Å²) in [6.07, 6.45) is 2.79. The van der Waals surface area contributed by atoms with Crippen LogP contribution in [0.2, 0.25) is 0 Å². The van der Waals surface area contributed by atoms with Crippen molar-refractivity contribution in [3.63, 3.8) is 0 Å². The fourth-order valence-corrected chi connectivity index (χ4v) is 3.20. The predicted octanol–water partition coefficient (Wildman–Crippen LogP) is 1.80. The van der Waals surface area contributed by atoms with Crippen molar-refractivity contribution in [2.45, 2.75) is 40.2 Å². The fourth-order valence-electron chi connectivity index (χ4n) is 3.20. The zero-order valence-electron chi connectivity index (χ0n) is 17.9. The van der Waals surface area contributed by atoms with E-state index in [9.17, 15) is 14.4 Å². The summed E-state index contributed by atoms with van der Waals surface area (Å²) < 4.78 is 1.29. The number of H-pyrrole nitrogens is 1. The number of hydrogen-bond acceptors (Lipinski definition) is 6. The van der Waals surface area contributed by atoms with Crippen molar-refractivity contribution in [1.82, 2.24) is 24.5 Å². The molecule has 0 aliphatic carbocycles. The van der Waals surface area contributed by atoms with Crippen LogP contribution in [0.1, 0.15) is 44.1 Å². The molecule has 3 aromatic rings. The molecule has 0 saturated carbocycles. The van der Waals surface area contributed by atoms with Crippen molar-refractivity contribution in [3.05, 3.63) is 63.1 Å². The number of nitrogens with zero attached hydrogens (tertiary/aromatic N) is 5. The average Bonchev–Trinajstić information content (AvgIpc) is 3.23. The van der Waals surface area contributed by atoms with Gasteiger partial charge in [-0.25, -0.2) is 4.79 Å². The summed E-state index contributed by atoms with van der Waals surface area (Å²) in [5, 5.41) is 8.44. The largest absolute Gasteiger partial charge is 0.383 e. The van der Waals surface area contributed by atoms with Crippen LogP contribution >= 0.6 is 0 Å². The minimum absolute atomic E-state index is 0.0395. The Kier molecular flexibility index (Phi) is 6.68. The summed E-state index contributed by atoms with van der Waals surface area (Å²) in [5.41, 5.74) is 5.64. The van der Waals surface area contributed by atoms with Crippen LogP contribution in [0.15, 0.2) is 46.1 Å². The molecular weight excluding hydrogens is 398 g/mol. The number of anilines is 2. The van der Waals surface area contributed by atoms with Crippen molar-refractivity contribution in [1.29, 1.82) is 0 Å². The van der Waals surface area contributed by atoms with Gasteiger partial charge in [-0.1, -0.05) is 45.4 Å². The molecule has 1 aromatic carbocycles. The Bertz CT molecular complexity index is 1160. The number of unbranched alkanes of at least 4 members (excludes halogenated alkanes) is 1. The molecule has 0 spiro atoms. The van der Waals surface area contributed by atoms with Gasteiger partial charge in [-0.15, -0.1) is 5.10 Å². The van der Waals surface area contributed by atoms with Crippen LogP contribution in [0.25, 0.3) is 5.69 Å². The molecule has 2 aromatic heterocycles. The maximum absolute atomic E-state index is 13.3. The molecule has 10 nitrogen and oxygen atoms in total. The van der Waals surface area contributed by atoms with Gasteiger partial charge in [-0.2, -0.15) is 9.90 Å². The molecule has 0 radical (unpaired) electrons. The number of rotatable bonds is 8. The molecule has 0 unspecified atom stereocenters. The van der Waals surface area contributed by atoms with E-state index in [0.717, 1.165) is 6.42 Å². The lowest BCUT2D eigenvalue weighted by Crippen LogP contribution is -2.42. The third-order valence-corrected chi connectivity index (χ3v) is 4.71. The molecule has 3 N–H and O–H groups in total. The Morgan fingerprint density at radius 1 is 1.23 bits per heavy atom. The summed E-state index contributed by atoms with van der Waals surface area (Å²) in [5.74, 6) is -0.436. The maximum Gasteiger partial charge on any atom is 0.330 e. The van der Waals surface area contributed by atoms with Crippen LogP contribution in [0.5, 0.6) is 0 Å². The third kappa shape index (κ3) is 4.73. The normalized spacial score (nSPS) is 11.1. The molecule has 1 amide bonds. The number of aromatic amines is 1. The van der Waals surface area contributed by atoms with Gasteiger partial charge in [0.1, 0.15) is 5.82 Å². The Hall–Kier alpha value is -3.69. The number of nitrogen functional groups attached to an aromatic ring is 1. The summed E-state index contributed by atoms with van der Waals surface area (Å²) in [4.78, 5) is 43.2. The van der Waals surface area contributed by atoms with Crippen LogP contribution in [0, 0.1) is 5.92 Å². The van der Waals surface area contributed by atoms with Gasteiger partial charge in [-0.3, -0.25) is 24.0 Å². The van der Waals surface area contributed by atoms with E-state index in [1.54, 1.807) is 0 Å². The van der Waals surface area contributed by atoms with E-state index in [4.69, 9.17) is 5.73 Å². The molecule has 3 rings (SSSR count). The monoisotopic (exact) mass is 425 g/mol. The van der Waals surface area contributed by atoms with Gasteiger partial charge in [0, 0.05) is 13.1 Å². The highest BCUT2D eigenvalue weighted by molar-refractivity contribution is 6.05. The van der Waals surface area contributed by atoms with E-state index < -0.39 is 17.2 Å². The first kappa shape index (κ1) is 22.0. The van der Waals surface area contributed by atoms with Gasteiger partial charge in [0.15, 0.2) is 11.4 Å². The number of hydrogen-bond donors (Lipinski definition) is 2. The number of carbonyl (C=O) groups excluding carboxylic acids is 1. The lowest BCUT2D eigenvalue weighted by molar-refractivity contribution is 0.0981. The molecule has 0 fully saturated rings. The Morgan fingerprint density at radius 2 is 1.94 bits per heavy atom. The quantitative estimate of drug-likeness (QED) is 0.566. The number of para-hydroxylation sites is 1. The van der Waals surface area contributed by atoms with Crippen LogP contribution in [0.4, 0.5) is 11.5 Å². The van der Waals surface area contributed by atoms with Gasteiger partial charge in [0.2, 0.25) is 0 Å². The van der Waals surface area contributed by atoms with Crippen molar-refractivity contribution in [3.8, 4) is 5.69 Å². The molecular formula is C21H27N7O3. The van der Waals surface area contributed by atoms with Gasteiger partial charge in [-0.05, 0) is 24.5 Å². The second-order valence-electron chi connectivity index (χ2n) is 7.66. The number of nitrogens with one attached hydrogen (secondary N) is 1. The zero-order chi connectivity index (χ0) is 22.5. The van der Waals surface area contributed by atoms with Crippen molar-refractivity contribution in [2.24, 2.45) is 5.92 Å².